The Morgan fingerprint density at radius 3 is 2.71 bits per heavy atom. The van der Waals surface area contributed by atoms with E-state index in [2.05, 4.69) is 5.32 Å². The Morgan fingerprint density at radius 2 is 2.06 bits per heavy atom. The van der Waals surface area contributed by atoms with Crippen LogP contribution in [0.25, 0.3) is 0 Å². The molecule has 1 N–H and O–H groups in total. The summed E-state index contributed by atoms with van der Waals surface area (Å²) in [6.45, 7) is 4.77. The molecule has 0 fully saturated rings. The van der Waals surface area contributed by atoms with E-state index in [1.807, 2.05) is 43.3 Å². The Bertz CT molecular complexity index is 371. The van der Waals surface area contributed by atoms with Gasteiger partial charge in [0.25, 0.3) is 0 Å². The number of ether oxygens (including phenoxy) is 1. The molecular formula is C14H19NO2. The maximum Gasteiger partial charge on any atom is 0.333 e. The van der Waals surface area contributed by atoms with Gasteiger partial charge in [-0.05, 0) is 25.5 Å². The van der Waals surface area contributed by atoms with Gasteiger partial charge in [0.2, 0.25) is 0 Å². The van der Waals surface area contributed by atoms with Crippen LogP contribution in [0.1, 0.15) is 20.3 Å². The van der Waals surface area contributed by atoms with Gasteiger partial charge in [0.15, 0.2) is 0 Å². The van der Waals surface area contributed by atoms with E-state index in [1.54, 1.807) is 6.92 Å². The number of nitrogens with one attached hydrogen (secondary N) is 1. The van der Waals surface area contributed by atoms with Crippen LogP contribution in [0.3, 0.4) is 0 Å². The second-order valence-corrected chi connectivity index (χ2v) is 3.72. The number of benzene rings is 1. The maximum absolute atomic E-state index is 11.4. The van der Waals surface area contributed by atoms with Gasteiger partial charge in [0.05, 0.1) is 0 Å². The van der Waals surface area contributed by atoms with Crippen LogP contribution in [0.15, 0.2) is 42.0 Å². The lowest BCUT2D eigenvalue weighted by Gasteiger charge is -2.07. The van der Waals surface area contributed by atoms with E-state index in [1.165, 1.54) is 0 Å². The first-order valence-electron chi connectivity index (χ1n) is 5.87. The van der Waals surface area contributed by atoms with Gasteiger partial charge in [-0.15, -0.1) is 0 Å². The molecule has 0 aliphatic heterocycles. The topological polar surface area (TPSA) is 38.3 Å². The normalized spacial score (nSPS) is 11.1. The number of esters is 1. The number of allylic oxidation sites excluding steroid dienone is 1. The molecule has 3 nitrogen and oxygen atoms in total. The van der Waals surface area contributed by atoms with Crippen LogP contribution in [0, 0.1) is 0 Å². The average Bonchev–Trinajstić information content (AvgIpc) is 2.36. The van der Waals surface area contributed by atoms with Gasteiger partial charge in [0.1, 0.15) is 6.61 Å². The van der Waals surface area contributed by atoms with Gasteiger partial charge in [0, 0.05) is 17.8 Å². The summed E-state index contributed by atoms with van der Waals surface area (Å²) in [4.78, 5) is 11.4. The molecule has 0 radical (unpaired) electrons. The number of para-hydroxylation sites is 1. The highest BCUT2D eigenvalue weighted by atomic mass is 16.5. The molecule has 0 atom stereocenters. The first kappa shape index (κ1) is 13.3. The lowest BCUT2D eigenvalue weighted by Crippen LogP contribution is -2.14. The molecule has 0 aliphatic rings. The predicted octanol–water partition coefficient (Wildman–Crippen LogP) is 3.00. The van der Waals surface area contributed by atoms with Crippen molar-refractivity contribution in [3.63, 3.8) is 0 Å². The van der Waals surface area contributed by atoms with Crippen molar-refractivity contribution < 1.29 is 9.53 Å². The van der Waals surface area contributed by atoms with Crippen LogP contribution >= 0.6 is 0 Å². The van der Waals surface area contributed by atoms with Gasteiger partial charge in [-0.25, -0.2) is 4.79 Å². The number of hydrogen-bond acceptors (Lipinski definition) is 3. The quantitative estimate of drug-likeness (QED) is 0.466. The van der Waals surface area contributed by atoms with Crippen LogP contribution in [0.2, 0.25) is 0 Å². The second kappa shape index (κ2) is 7.49. The molecule has 0 saturated heterocycles. The zero-order valence-corrected chi connectivity index (χ0v) is 10.4. The smallest absolute Gasteiger partial charge is 0.333 e. The third kappa shape index (κ3) is 5.20. The highest BCUT2D eigenvalue weighted by Crippen LogP contribution is 2.04. The average molecular weight is 233 g/mol. The minimum atomic E-state index is -0.235. The first-order chi connectivity index (χ1) is 8.24. The highest BCUT2D eigenvalue weighted by Gasteiger charge is 2.03. The molecule has 1 aromatic carbocycles. The van der Waals surface area contributed by atoms with Gasteiger partial charge >= 0.3 is 5.97 Å². The van der Waals surface area contributed by atoms with E-state index < -0.39 is 0 Å². The Kier molecular flexibility index (Phi) is 5.86. The van der Waals surface area contributed by atoms with Gasteiger partial charge in [-0.3, -0.25) is 0 Å². The third-order valence-corrected chi connectivity index (χ3v) is 2.27. The van der Waals surface area contributed by atoms with Crippen molar-refractivity contribution in [3.8, 4) is 0 Å². The van der Waals surface area contributed by atoms with Crippen molar-refractivity contribution >= 4 is 11.7 Å². The predicted molar refractivity (Wildman–Crippen MR) is 69.9 cm³/mol. The summed E-state index contributed by atoms with van der Waals surface area (Å²) in [6.07, 6.45) is 2.72. The van der Waals surface area contributed by atoms with Crippen LogP contribution < -0.4 is 5.32 Å². The summed E-state index contributed by atoms with van der Waals surface area (Å²) in [7, 11) is 0. The number of anilines is 1. The fraction of sp³-hybridized carbons (Fsp3) is 0.357. The van der Waals surface area contributed by atoms with Crippen LogP contribution in [0.4, 0.5) is 5.69 Å². The minimum absolute atomic E-state index is 0.235. The molecule has 0 spiro atoms. The molecule has 92 valence electrons. The molecule has 1 rings (SSSR count). The molecule has 0 unspecified atom stereocenters. The minimum Gasteiger partial charge on any atom is -0.460 e. The molecule has 0 saturated carbocycles. The van der Waals surface area contributed by atoms with Crippen molar-refractivity contribution in [2.24, 2.45) is 0 Å². The van der Waals surface area contributed by atoms with Crippen molar-refractivity contribution in [1.29, 1.82) is 0 Å². The summed E-state index contributed by atoms with van der Waals surface area (Å²) in [5.74, 6) is -0.235. The largest absolute Gasteiger partial charge is 0.460 e. The van der Waals surface area contributed by atoms with E-state index in [9.17, 15) is 4.79 Å². The van der Waals surface area contributed by atoms with Gasteiger partial charge < -0.3 is 10.1 Å². The van der Waals surface area contributed by atoms with Gasteiger partial charge in [-0.1, -0.05) is 31.2 Å². The monoisotopic (exact) mass is 233 g/mol. The van der Waals surface area contributed by atoms with Crippen molar-refractivity contribution in [2.45, 2.75) is 20.3 Å². The molecule has 0 aliphatic carbocycles. The Morgan fingerprint density at radius 1 is 1.35 bits per heavy atom. The second-order valence-electron chi connectivity index (χ2n) is 3.72. The highest BCUT2D eigenvalue weighted by molar-refractivity contribution is 5.87. The van der Waals surface area contributed by atoms with E-state index >= 15 is 0 Å². The van der Waals surface area contributed by atoms with Crippen LogP contribution in [-0.4, -0.2) is 19.1 Å². The van der Waals surface area contributed by atoms with E-state index in [-0.39, 0.29) is 5.97 Å². The maximum atomic E-state index is 11.4. The number of carbonyl (C=O) groups is 1. The van der Waals surface area contributed by atoms with E-state index in [0.29, 0.717) is 18.7 Å². The lowest BCUT2D eigenvalue weighted by atomic mass is 10.2. The molecule has 17 heavy (non-hydrogen) atoms. The molecular weight excluding hydrogens is 214 g/mol. The molecule has 0 heterocycles. The first-order valence-corrected chi connectivity index (χ1v) is 5.87. The summed E-state index contributed by atoms with van der Waals surface area (Å²) in [5, 5.41) is 3.17. The molecule has 3 heteroatoms. The zero-order valence-electron chi connectivity index (χ0n) is 10.4. The summed E-state index contributed by atoms with van der Waals surface area (Å²) < 4.78 is 5.11. The summed E-state index contributed by atoms with van der Waals surface area (Å²) >= 11 is 0. The fourth-order valence-electron chi connectivity index (χ4n) is 1.40. The fourth-order valence-corrected chi connectivity index (χ4v) is 1.40. The molecule has 0 aromatic heterocycles. The van der Waals surface area contributed by atoms with Crippen molar-refractivity contribution in [3.05, 3.63) is 42.0 Å². The molecule has 0 bridgehead atoms. The van der Waals surface area contributed by atoms with E-state index in [0.717, 1.165) is 12.1 Å². The molecule has 0 amide bonds. The number of carbonyl (C=O) groups excluding carboxylic acids is 1. The van der Waals surface area contributed by atoms with Crippen molar-refractivity contribution in [2.75, 3.05) is 18.5 Å². The SMILES string of the molecule is CCC=C(C)C(=O)OCCNc1ccccc1. The third-order valence-electron chi connectivity index (χ3n) is 2.27. The zero-order chi connectivity index (χ0) is 12.5. The Labute approximate surface area is 102 Å². The summed E-state index contributed by atoms with van der Waals surface area (Å²) in [6, 6.07) is 9.84. The Hall–Kier alpha value is -1.77. The summed E-state index contributed by atoms with van der Waals surface area (Å²) in [5.41, 5.74) is 1.71. The van der Waals surface area contributed by atoms with Gasteiger partial charge in [-0.2, -0.15) is 0 Å². The molecule has 1 aromatic rings. The van der Waals surface area contributed by atoms with E-state index in [4.69, 9.17) is 4.74 Å². The van der Waals surface area contributed by atoms with Crippen LogP contribution in [0.5, 0.6) is 0 Å². The standard InChI is InChI=1S/C14H19NO2/c1-3-7-12(2)14(16)17-11-10-15-13-8-5-4-6-9-13/h4-9,15H,3,10-11H2,1-2H3. The number of hydrogen-bond donors (Lipinski definition) is 1. The Balaban J connectivity index is 2.21. The number of rotatable bonds is 6. The van der Waals surface area contributed by atoms with Crippen LogP contribution in [-0.2, 0) is 9.53 Å². The van der Waals surface area contributed by atoms with Crippen molar-refractivity contribution in [1.82, 2.24) is 0 Å². The lowest BCUT2D eigenvalue weighted by molar-refractivity contribution is -0.138.